The lowest BCUT2D eigenvalue weighted by Crippen LogP contribution is -2.32. The lowest BCUT2D eigenvalue weighted by molar-refractivity contribution is -0.121. The van der Waals surface area contributed by atoms with Gasteiger partial charge in [0.15, 0.2) is 5.58 Å². The van der Waals surface area contributed by atoms with E-state index in [4.69, 9.17) is 9.15 Å². The standard InChI is InChI=1S/C22H22N4O4/c1-25-14-12-23-21(25)20(15-7-3-5-9-17(15)29-2)24-19(27)11-13-26-16-8-4-6-10-18(16)30-22(26)28/h3-10,12,14,20H,11,13H2,1-2H3,(H,24,27). The maximum atomic E-state index is 12.8. The first kappa shape index (κ1) is 19.5. The molecule has 0 spiro atoms. The SMILES string of the molecule is COc1ccccc1C(NC(=O)CCn1c(=O)oc2ccccc21)c1nccn1C. The van der Waals surface area contributed by atoms with Crippen LogP contribution in [0.3, 0.4) is 0 Å². The number of aryl methyl sites for hydroxylation is 2. The number of para-hydroxylation sites is 3. The minimum absolute atomic E-state index is 0.111. The maximum absolute atomic E-state index is 12.8. The summed E-state index contributed by atoms with van der Waals surface area (Å²) in [5, 5.41) is 3.03. The van der Waals surface area contributed by atoms with Gasteiger partial charge in [0.25, 0.3) is 0 Å². The highest BCUT2D eigenvalue weighted by atomic mass is 16.5. The normalized spacial score (nSPS) is 12.1. The molecule has 1 atom stereocenters. The van der Waals surface area contributed by atoms with E-state index in [1.165, 1.54) is 4.57 Å². The van der Waals surface area contributed by atoms with Crippen LogP contribution in [0.15, 0.2) is 70.1 Å². The Kier molecular flexibility index (Phi) is 5.38. The van der Waals surface area contributed by atoms with Crippen molar-refractivity contribution in [3.05, 3.63) is 82.9 Å². The van der Waals surface area contributed by atoms with Crippen molar-refractivity contribution in [1.82, 2.24) is 19.4 Å². The van der Waals surface area contributed by atoms with Crippen molar-refractivity contribution in [1.29, 1.82) is 0 Å². The fourth-order valence-electron chi connectivity index (χ4n) is 3.51. The molecule has 30 heavy (non-hydrogen) atoms. The number of methoxy groups -OCH3 is 1. The van der Waals surface area contributed by atoms with Crippen molar-refractivity contribution in [3.8, 4) is 5.75 Å². The van der Waals surface area contributed by atoms with Gasteiger partial charge < -0.3 is 19.0 Å². The summed E-state index contributed by atoms with van der Waals surface area (Å²) in [6.07, 6.45) is 3.61. The fourth-order valence-corrected chi connectivity index (χ4v) is 3.51. The number of hydrogen-bond acceptors (Lipinski definition) is 5. The summed E-state index contributed by atoms with van der Waals surface area (Å²) < 4.78 is 14.0. The second-order valence-electron chi connectivity index (χ2n) is 6.88. The van der Waals surface area contributed by atoms with Crippen LogP contribution in [0.5, 0.6) is 5.75 Å². The van der Waals surface area contributed by atoms with E-state index in [9.17, 15) is 9.59 Å². The molecule has 0 saturated carbocycles. The lowest BCUT2D eigenvalue weighted by atomic mass is 10.0. The third-order valence-electron chi connectivity index (χ3n) is 5.01. The predicted molar refractivity (Wildman–Crippen MR) is 111 cm³/mol. The number of aromatic nitrogens is 3. The lowest BCUT2D eigenvalue weighted by Gasteiger charge is -2.21. The van der Waals surface area contributed by atoms with E-state index in [0.717, 1.165) is 5.56 Å². The first-order chi connectivity index (χ1) is 14.6. The maximum Gasteiger partial charge on any atom is 0.419 e. The van der Waals surface area contributed by atoms with Crippen molar-refractivity contribution in [2.24, 2.45) is 7.05 Å². The second-order valence-corrected chi connectivity index (χ2v) is 6.88. The summed E-state index contributed by atoms with van der Waals surface area (Å²) in [4.78, 5) is 29.4. The van der Waals surface area contributed by atoms with Gasteiger partial charge in [-0.25, -0.2) is 9.78 Å². The van der Waals surface area contributed by atoms with Crippen molar-refractivity contribution in [2.45, 2.75) is 19.0 Å². The van der Waals surface area contributed by atoms with Crippen molar-refractivity contribution >= 4 is 17.0 Å². The first-order valence-corrected chi connectivity index (χ1v) is 9.56. The summed E-state index contributed by atoms with van der Waals surface area (Å²) in [7, 11) is 3.46. The van der Waals surface area contributed by atoms with Crippen molar-refractivity contribution < 1.29 is 13.9 Å². The van der Waals surface area contributed by atoms with Gasteiger partial charge in [0.05, 0.1) is 12.6 Å². The number of hydrogen-bond donors (Lipinski definition) is 1. The number of fused-ring (bicyclic) bond motifs is 1. The molecule has 8 nitrogen and oxygen atoms in total. The summed E-state index contributed by atoms with van der Waals surface area (Å²) in [6.45, 7) is 0.209. The van der Waals surface area contributed by atoms with E-state index in [0.29, 0.717) is 22.7 Å². The Hall–Kier alpha value is -3.81. The largest absolute Gasteiger partial charge is 0.496 e. The zero-order valence-electron chi connectivity index (χ0n) is 16.7. The molecule has 1 amide bonds. The molecule has 2 heterocycles. The van der Waals surface area contributed by atoms with Gasteiger partial charge in [-0.15, -0.1) is 0 Å². The van der Waals surface area contributed by atoms with Crippen LogP contribution in [0.4, 0.5) is 0 Å². The Labute approximate surface area is 172 Å². The van der Waals surface area contributed by atoms with Crippen LogP contribution in [0.1, 0.15) is 23.9 Å². The third-order valence-corrected chi connectivity index (χ3v) is 5.01. The van der Waals surface area contributed by atoms with Crippen molar-refractivity contribution in [2.75, 3.05) is 7.11 Å². The molecule has 8 heteroatoms. The number of rotatable bonds is 7. The molecular weight excluding hydrogens is 384 g/mol. The van der Waals surface area contributed by atoms with Crippen LogP contribution < -0.4 is 15.8 Å². The van der Waals surface area contributed by atoms with Gasteiger partial charge in [-0.1, -0.05) is 30.3 Å². The number of oxazole rings is 1. The molecular formula is C22H22N4O4. The quantitative estimate of drug-likeness (QED) is 0.509. The van der Waals surface area contributed by atoms with E-state index in [1.807, 2.05) is 48.1 Å². The van der Waals surface area contributed by atoms with Gasteiger partial charge >= 0.3 is 5.76 Å². The summed E-state index contributed by atoms with van der Waals surface area (Å²) in [6, 6.07) is 14.1. The molecule has 0 aliphatic heterocycles. The average Bonchev–Trinajstić information content (AvgIpc) is 3.32. The molecule has 0 saturated heterocycles. The summed E-state index contributed by atoms with van der Waals surface area (Å²) in [5.41, 5.74) is 1.97. The molecule has 1 N–H and O–H groups in total. The van der Waals surface area contributed by atoms with Gasteiger partial charge in [-0.2, -0.15) is 0 Å². The number of imidazole rings is 1. The number of ether oxygens (including phenoxy) is 1. The van der Waals surface area contributed by atoms with E-state index >= 15 is 0 Å². The molecule has 0 bridgehead atoms. The minimum atomic E-state index is -0.494. The molecule has 154 valence electrons. The minimum Gasteiger partial charge on any atom is -0.496 e. The van der Waals surface area contributed by atoms with E-state index < -0.39 is 11.8 Å². The van der Waals surface area contributed by atoms with Crippen molar-refractivity contribution in [3.63, 3.8) is 0 Å². The van der Waals surface area contributed by atoms with E-state index in [1.54, 1.807) is 31.5 Å². The number of amides is 1. The zero-order chi connectivity index (χ0) is 21.1. The highest BCUT2D eigenvalue weighted by Crippen LogP contribution is 2.29. The van der Waals surface area contributed by atoms with Crippen LogP contribution in [0, 0.1) is 0 Å². The summed E-state index contributed by atoms with van der Waals surface area (Å²) in [5.74, 6) is 0.641. The molecule has 0 aliphatic rings. The number of nitrogens with one attached hydrogen (secondary N) is 1. The molecule has 0 aliphatic carbocycles. The number of benzene rings is 2. The smallest absolute Gasteiger partial charge is 0.419 e. The van der Waals surface area contributed by atoms with E-state index in [2.05, 4.69) is 10.3 Å². The van der Waals surface area contributed by atoms with Crippen LogP contribution in [0.2, 0.25) is 0 Å². The molecule has 4 aromatic rings. The monoisotopic (exact) mass is 406 g/mol. The van der Waals surface area contributed by atoms with Gasteiger partial charge in [-0.05, 0) is 18.2 Å². The first-order valence-electron chi connectivity index (χ1n) is 9.56. The van der Waals surface area contributed by atoms with E-state index in [-0.39, 0.29) is 18.9 Å². The Morgan fingerprint density at radius 1 is 1.20 bits per heavy atom. The molecule has 4 rings (SSSR count). The van der Waals surface area contributed by atoms with Crippen LogP contribution in [0.25, 0.3) is 11.1 Å². The molecule has 0 fully saturated rings. The topological polar surface area (TPSA) is 91.3 Å². The highest BCUT2D eigenvalue weighted by molar-refractivity contribution is 5.77. The molecule has 1 unspecified atom stereocenters. The van der Waals surface area contributed by atoms with Gasteiger partial charge in [0.2, 0.25) is 5.91 Å². The van der Waals surface area contributed by atoms with Crippen LogP contribution in [-0.2, 0) is 18.4 Å². The molecule has 0 radical (unpaired) electrons. The molecule has 2 aromatic carbocycles. The highest BCUT2D eigenvalue weighted by Gasteiger charge is 2.24. The van der Waals surface area contributed by atoms with Crippen LogP contribution in [-0.4, -0.2) is 27.1 Å². The number of carbonyl (C=O) groups is 1. The van der Waals surface area contributed by atoms with Gasteiger partial charge in [0, 0.05) is 38.0 Å². The zero-order valence-corrected chi connectivity index (χ0v) is 16.7. The Morgan fingerprint density at radius 2 is 1.97 bits per heavy atom. The Bertz CT molecular complexity index is 1240. The summed E-state index contributed by atoms with van der Waals surface area (Å²) >= 11 is 0. The Morgan fingerprint density at radius 3 is 2.73 bits per heavy atom. The average molecular weight is 406 g/mol. The van der Waals surface area contributed by atoms with Gasteiger partial charge in [0.1, 0.15) is 17.6 Å². The number of carbonyl (C=O) groups excluding carboxylic acids is 1. The van der Waals surface area contributed by atoms with Crippen LogP contribution >= 0.6 is 0 Å². The Balaban J connectivity index is 1.57. The second kappa shape index (κ2) is 8.28. The third kappa shape index (κ3) is 3.71. The number of nitrogens with zero attached hydrogens (tertiary/aromatic N) is 3. The fraction of sp³-hybridized carbons (Fsp3) is 0.227. The van der Waals surface area contributed by atoms with Gasteiger partial charge in [-0.3, -0.25) is 9.36 Å². The molecule has 2 aromatic heterocycles. The predicted octanol–water partition coefficient (Wildman–Crippen LogP) is 2.63.